The van der Waals surface area contributed by atoms with Crippen LogP contribution in [0.25, 0.3) is 0 Å². The van der Waals surface area contributed by atoms with Crippen molar-refractivity contribution >= 4 is 18.6 Å². The first-order valence-electron chi connectivity index (χ1n) is 4.02. The van der Waals surface area contributed by atoms with Crippen LogP contribution in [0.5, 0.6) is 0 Å². The van der Waals surface area contributed by atoms with Crippen LogP contribution in [0.1, 0.15) is 12.8 Å². The first kappa shape index (κ1) is 17.4. The van der Waals surface area contributed by atoms with Crippen molar-refractivity contribution in [2.24, 2.45) is 11.5 Å². The van der Waals surface area contributed by atoms with Gasteiger partial charge in [0.25, 0.3) is 0 Å². The van der Waals surface area contributed by atoms with Gasteiger partial charge in [0.15, 0.2) is 0 Å². The summed E-state index contributed by atoms with van der Waals surface area (Å²) in [5.74, 6) is 0. The molecule has 0 heterocycles. The molecule has 0 spiro atoms. The fourth-order valence-corrected chi connectivity index (χ4v) is 4.13. The van der Waals surface area contributed by atoms with Gasteiger partial charge in [-0.2, -0.15) is 8.42 Å². The number of nitrogens with two attached hydrogens (primary N) is 2. The van der Waals surface area contributed by atoms with E-state index in [1.165, 1.54) is 10.4 Å². The minimum Gasteiger partial charge on any atom is -0.264 e. The fraction of sp³-hybridized carbons (Fsp3) is 1.00. The molecule has 6 N–H and O–H groups in total. The maximum absolute atomic E-state index is 8.74. The van der Waals surface area contributed by atoms with Gasteiger partial charge >= 0.3 is 82.8 Å². The number of hydrogen-bond acceptors (Lipinski definition) is 4. The molecule has 0 radical (unpaired) electrons. The van der Waals surface area contributed by atoms with Gasteiger partial charge in [0, 0.05) is 0 Å². The van der Waals surface area contributed by atoms with Crippen LogP contribution in [0.3, 0.4) is 0 Å². The molecule has 0 fully saturated rings. The predicted octanol–water partition coefficient (Wildman–Crippen LogP) is 0.0544. The molecule has 0 bridgehead atoms. The zero-order valence-electron chi connectivity index (χ0n) is 7.76. The molecule has 0 aliphatic carbocycles. The second-order valence-corrected chi connectivity index (χ2v) is 11.1. The quantitative estimate of drug-likeness (QED) is 0.275. The SMILES string of the molecule is NCC(N)CC[CH2][Hg][Cl].O=S(=O)(O)O. The van der Waals surface area contributed by atoms with Gasteiger partial charge < -0.3 is 0 Å². The maximum Gasteiger partial charge on any atom is 0.394 e. The molecule has 0 rings (SSSR count). The number of halogens is 1. The third-order valence-electron chi connectivity index (χ3n) is 1.26. The van der Waals surface area contributed by atoms with Crippen LogP contribution >= 0.6 is 8.25 Å². The Morgan fingerprint density at radius 3 is 2.14 bits per heavy atom. The van der Waals surface area contributed by atoms with Crippen LogP contribution in [-0.2, 0) is 33.7 Å². The zero-order valence-corrected chi connectivity index (χ0v) is 14.8. The smallest absolute Gasteiger partial charge is 0.264 e. The Bertz CT molecular complexity index is 206. The first-order valence-corrected chi connectivity index (χ1v) is 16.1. The second-order valence-electron chi connectivity index (χ2n) is 2.63. The van der Waals surface area contributed by atoms with Crippen LogP contribution in [0, 0.1) is 0 Å². The van der Waals surface area contributed by atoms with E-state index in [-0.39, 0.29) is 6.04 Å². The molecule has 0 aromatic carbocycles. The van der Waals surface area contributed by atoms with E-state index in [9.17, 15) is 0 Å². The first-order chi connectivity index (χ1) is 6.31. The molecule has 0 aliphatic heterocycles. The summed E-state index contributed by atoms with van der Waals surface area (Å²) in [6.07, 6.45) is 2.26. The van der Waals surface area contributed by atoms with Crippen molar-refractivity contribution in [3.8, 4) is 0 Å². The summed E-state index contributed by atoms with van der Waals surface area (Å²) in [5, 5.41) is 0. The van der Waals surface area contributed by atoms with Gasteiger partial charge in [0.1, 0.15) is 0 Å². The van der Waals surface area contributed by atoms with Crippen molar-refractivity contribution in [3.05, 3.63) is 0 Å². The van der Waals surface area contributed by atoms with Gasteiger partial charge in [0.2, 0.25) is 0 Å². The standard InChI is InChI=1S/C5H13N2.ClH.Hg.H2O4S/c1-2-3-5(7)4-6;;;1-5(2,3)4/h5H,1-4,6-7H2;1H;;(H2,1,2,3,4)/q;;+1;/p-1. The average molecular weight is 435 g/mol. The van der Waals surface area contributed by atoms with E-state index in [1.54, 1.807) is 0 Å². The van der Waals surface area contributed by atoms with Gasteiger partial charge in [-0.1, -0.05) is 0 Å². The average Bonchev–Trinajstić information content (AvgIpc) is 2.01. The summed E-state index contributed by atoms with van der Waals surface area (Å²) >= 11 is -0.857. The third kappa shape index (κ3) is 29.2. The van der Waals surface area contributed by atoms with Gasteiger partial charge in [0.05, 0.1) is 0 Å². The van der Waals surface area contributed by atoms with Crippen LogP contribution in [0.15, 0.2) is 0 Å². The fourth-order valence-electron chi connectivity index (χ4n) is 0.619. The molecule has 84 valence electrons. The molecular weight excluding hydrogens is 420 g/mol. The normalized spacial score (nSPS) is 12.4. The van der Waals surface area contributed by atoms with E-state index in [0.29, 0.717) is 6.54 Å². The molecule has 6 nitrogen and oxygen atoms in total. The van der Waals surface area contributed by atoms with Crippen molar-refractivity contribution in [1.82, 2.24) is 0 Å². The topological polar surface area (TPSA) is 127 Å². The van der Waals surface area contributed by atoms with E-state index in [4.69, 9.17) is 37.2 Å². The van der Waals surface area contributed by atoms with E-state index in [2.05, 4.69) is 0 Å². The molecule has 0 saturated carbocycles. The molecule has 0 aromatic heterocycles. The van der Waals surface area contributed by atoms with Crippen molar-refractivity contribution in [3.63, 3.8) is 0 Å². The number of rotatable bonds is 5. The van der Waals surface area contributed by atoms with Crippen LogP contribution in [0.4, 0.5) is 0 Å². The molecule has 0 saturated heterocycles. The maximum atomic E-state index is 8.74. The summed E-state index contributed by atoms with van der Waals surface area (Å²) in [6, 6.07) is 0.210. The van der Waals surface area contributed by atoms with Gasteiger partial charge in [-0.15, -0.1) is 0 Å². The summed E-state index contributed by atoms with van der Waals surface area (Å²) in [7, 11) is 1.01. The van der Waals surface area contributed by atoms with Crippen molar-refractivity contribution in [2.45, 2.75) is 22.8 Å². The Morgan fingerprint density at radius 1 is 1.43 bits per heavy atom. The number of hydrogen-bond donors (Lipinski definition) is 4. The Hall–Kier alpha value is 1.02. The van der Waals surface area contributed by atoms with Crippen molar-refractivity contribution in [2.75, 3.05) is 6.54 Å². The van der Waals surface area contributed by atoms with Crippen molar-refractivity contribution < 1.29 is 40.9 Å². The van der Waals surface area contributed by atoms with Gasteiger partial charge in [-0.05, 0) is 0 Å². The minimum absolute atomic E-state index is 0.210. The zero-order chi connectivity index (χ0) is 11.6. The van der Waals surface area contributed by atoms with E-state index in [0.717, 1.165) is 6.42 Å². The molecule has 0 aliphatic rings. The molecule has 14 heavy (non-hydrogen) atoms. The van der Waals surface area contributed by atoms with E-state index in [1.807, 2.05) is 0 Å². The van der Waals surface area contributed by atoms with Crippen LogP contribution in [-0.4, -0.2) is 30.1 Å². The summed E-state index contributed by atoms with van der Waals surface area (Å²) in [5.41, 5.74) is 10.9. The van der Waals surface area contributed by atoms with Crippen LogP contribution < -0.4 is 11.5 Å². The van der Waals surface area contributed by atoms with E-state index >= 15 is 0 Å². The molecule has 0 amide bonds. The van der Waals surface area contributed by atoms with Crippen molar-refractivity contribution in [1.29, 1.82) is 0 Å². The largest absolute Gasteiger partial charge is 0.394 e. The third-order valence-corrected chi connectivity index (χ3v) is 6.59. The van der Waals surface area contributed by atoms with E-state index < -0.39 is 33.7 Å². The summed E-state index contributed by atoms with van der Waals surface area (Å²) < 4.78 is 32.9. The Labute approximate surface area is 99.8 Å². The molecule has 1 atom stereocenters. The Morgan fingerprint density at radius 2 is 1.86 bits per heavy atom. The molecular formula is C5H15ClHgN2O4S. The molecule has 0 aromatic rings. The van der Waals surface area contributed by atoms with Gasteiger partial charge in [-0.25, -0.2) is 0 Å². The Kier molecular flexibility index (Phi) is 13.1. The van der Waals surface area contributed by atoms with Gasteiger partial charge in [-0.3, -0.25) is 9.11 Å². The molecule has 9 heteroatoms. The van der Waals surface area contributed by atoms with Crippen LogP contribution in [0.2, 0.25) is 3.93 Å². The minimum atomic E-state index is -4.67. The second kappa shape index (κ2) is 10.5. The summed E-state index contributed by atoms with van der Waals surface area (Å²) in [4.78, 5) is 0. The Balaban J connectivity index is 0. The predicted molar refractivity (Wildman–Crippen MR) is 51.1 cm³/mol. The molecule has 1 unspecified atom stereocenters. The monoisotopic (exact) mass is 436 g/mol. The summed E-state index contributed by atoms with van der Waals surface area (Å²) in [6.45, 7) is 0.610.